The van der Waals surface area contributed by atoms with E-state index in [2.05, 4.69) is 15.5 Å². The maximum absolute atomic E-state index is 9.30. The molecule has 1 rings (SSSR count). The normalized spacial score (nSPS) is 13.1. The van der Waals surface area contributed by atoms with Crippen molar-refractivity contribution in [3.63, 3.8) is 0 Å². The van der Waals surface area contributed by atoms with E-state index in [1.165, 1.54) is 0 Å². The fraction of sp³-hybridized carbons (Fsp3) is 0.778. The Bertz CT molecular complexity index is 261. The molecule has 0 fully saturated rings. The fourth-order valence-corrected chi connectivity index (χ4v) is 1.14. The van der Waals surface area contributed by atoms with Gasteiger partial charge in [-0.25, -0.2) is 0 Å². The fourth-order valence-electron chi connectivity index (χ4n) is 1.14. The first-order valence-corrected chi connectivity index (χ1v) is 4.95. The Hall–Kier alpha value is -0.940. The summed E-state index contributed by atoms with van der Waals surface area (Å²) in [5.41, 5.74) is 0. The van der Waals surface area contributed by atoms with Crippen molar-refractivity contribution in [1.29, 1.82) is 0 Å². The van der Waals surface area contributed by atoms with Crippen LogP contribution in [0, 0.1) is 0 Å². The van der Waals surface area contributed by atoms with Crippen molar-refractivity contribution in [3.05, 3.63) is 12.2 Å². The molecular weight excluding hydrogens is 180 g/mol. The molecule has 0 aliphatic rings. The zero-order valence-corrected chi connectivity index (χ0v) is 8.77. The van der Waals surface area contributed by atoms with E-state index >= 15 is 0 Å². The summed E-state index contributed by atoms with van der Waals surface area (Å²) in [6, 6.07) is 0. The van der Waals surface area contributed by atoms with Crippen LogP contribution in [0.2, 0.25) is 0 Å². The topological polar surface area (TPSA) is 63.0 Å². The van der Waals surface area contributed by atoms with Crippen LogP contribution >= 0.6 is 0 Å². The molecule has 2 N–H and O–H groups in total. The van der Waals surface area contributed by atoms with Crippen LogP contribution in [0.3, 0.4) is 0 Å². The van der Waals surface area contributed by atoms with Gasteiger partial charge in [-0.3, -0.25) is 0 Å². The Kier molecular flexibility index (Phi) is 4.55. The molecule has 0 bridgehead atoms. The molecule has 0 spiro atoms. The first-order valence-electron chi connectivity index (χ1n) is 4.95. The van der Waals surface area contributed by atoms with E-state index in [4.69, 9.17) is 0 Å². The van der Waals surface area contributed by atoms with Crippen LogP contribution in [0.25, 0.3) is 0 Å². The van der Waals surface area contributed by atoms with Crippen LogP contribution in [-0.2, 0) is 13.6 Å². The molecule has 1 aromatic rings. The molecule has 0 aromatic carbocycles. The average molecular weight is 198 g/mol. The van der Waals surface area contributed by atoms with E-state index in [0.717, 1.165) is 25.2 Å². The number of nitrogens with one attached hydrogen (secondary N) is 1. The summed E-state index contributed by atoms with van der Waals surface area (Å²) >= 11 is 0. The van der Waals surface area contributed by atoms with Crippen molar-refractivity contribution >= 4 is 0 Å². The Morgan fingerprint density at radius 2 is 2.43 bits per heavy atom. The third-order valence-electron chi connectivity index (χ3n) is 2.21. The third kappa shape index (κ3) is 3.43. The maximum Gasteiger partial charge on any atom is 0.146 e. The molecule has 5 heteroatoms. The molecule has 0 saturated heterocycles. The lowest BCUT2D eigenvalue weighted by molar-refractivity contribution is 0.159. The molecule has 80 valence electrons. The summed E-state index contributed by atoms with van der Waals surface area (Å²) in [7, 11) is 1.91. The van der Waals surface area contributed by atoms with Gasteiger partial charge in [0, 0.05) is 7.05 Å². The molecule has 0 amide bonds. The van der Waals surface area contributed by atoms with Crippen molar-refractivity contribution < 1.29 is 5.11 Å². The van der Waals surface area contributed by atoms with Crippen molar-refractivity contribution in [3.8, 4) is 0 Å². The van der Waals surface area contributed by atoms with Crippen LogP contribution in [-0.4, -0.2) is 32.5 Å². The highest BCUT2D eigenvalue weighted by Crippen LogP contribution is 1.95. The summed E-state index contributed by atoms with van der Waals surface area (Å²) < 4.78 is 1.88. The smallest absolute Gasteiger partial charge is 0.146 e. The molecule has 0 saturated carbocycles. The molecule has 14 heavy (non-hydrogen) atoms. The predicted octanol–water partition coefficient (Wildman–Crippen LogP) is 0.0657. The van der Waals surface area contributed by atoms with Crippen LogP contribution < -0.4 is 5.32 Å². The van der Waals surface area contributed by atoms with Crippen molar-refractivity contribution in [2.24, 2.45) is 7.05 Å². The lowest BCUT2D eigenvalue weighted by Crippen LogP contribution is -2.21. The summed E-state index contributed by atoms with van der Waals surface area (Å²) in [5.74, 6) is 0.913. The number of aliphatic hydroxyl groups excluding tert-OH is 1. The SMILES string of the molecule is CCC(O)CCNCc1nncn1C. The lowest BCUT2D eigenvalue weighted by atomic mass is 10.2. The molecule has 1 aromatic heterocycles. The number of aromatic nitrogens is 3. The minimum Gasteiger partial charge on any atom is -0.393 e. The Morgan fingerprint density at radius 1 is 1.64 bits per heavy atom. The number of aryl methyl sites for hydroxylation is 1. The third-order valence-corrected chi connectivity index (χ3v) is 2.21. The zero-order valence-electron chi connectivity index (χ0n) is 8.77. The second-order valence-corrected chi connectivity index (χ2v) is 3.39. The summed E-state index contributed by atoms with van der Waals surface area (Å²) in [5, 5.41) is 20.2. The highest BCUT2D eigenvalue weighted by Gasteiger charge is 2.01. The van der Waals surface area contributed by atoms with Gasteiger partial charge >= 0.3 is 0 Å². The van der Waals surface area contributed by atoms with E-state index in [0.29, 0.717) is 6.54 Å². The molecule has 1 atom stereocenters. The minimum atomic E-state index is -0.193. The second-order valence-electron chi connectivity index (χ2n) is 3.39. The molecule has 1 heterocycles. The van der Waals surface area contributed by atoms with Crippen molar-refractivity contribution in [2.45, 2.75) is 32.4 Å². The number of rotatable bonds is 6. The van der Waals surface area contributed by atoms with Gasteiger partial charge in [0.2, 0.25) is 0 Å². The first kappa shape index (κ1) is 11.1. The average Bonchev–Trinajstić information content (AvgIpc) is 2.58. The number of hydrogen-bond donors (Lipinski definition) is 2. The number of aliphatic hydroxyl groups is 1. The molecule has 0 radical (unpaired) electrons. The van der Waals surface area contributed by atoms with Gasteiger partial charge in [-0.1, -0.05) is 6.92 Å². The van der Waals surface area contributed by atoms with E-state index in [-0.39, 0.29) is 6.10 Å². The quantitative estimate of drug-likeness (QED) is 0.635. The van der Waals surface area contributed by atoms with Gasteiger partial charge in [0.15, 0.2) is 0 Å². The van der Waals surface area contributed by atoms with Gasteiger partial charge in [-0.05, 0) is 19.4 Å². The van der Waals surface area contributed by atoms with Gasteiger partial charge in [0.25, 0.3) is 0 Å². The molecule has 0 aliphatic carbocycles. The Labute approximate surface area is 84.2 Å². The monoisotopic (exact) mass is 198 g/mol. The molecule has 0 aliphatic heterocycles. The van der Waals surface area contributed by atoms with E-state index in [1.54, 1.807) is 6.33 Å². The van der Waals surface area contributed by atoms with Crippen LogP contribution in [0.4, 0.5) is 0 Å². The standard InChI is InChI=1S/C9H18N4O/c1-3-8(14)4-5-10-6-9-12-11-7-13(9)2/h7-8,10,14H,3-6H2,1-2H3. The van der Waals surface area contributed by atoms with Gasteiger partial charge in [0.1, 0.15) is 12.2 Å². The summed E-state index contributed by atoms with van der Waals surface area (Å²) in [4.78, 5) is 0. The van der Waals surface area contributed by atoms with Gasteiger partial charge in [-0.2, -0.15) is 0 Å². The second kappa shape index (κ2) is 5.72. The predicted molar refractivity (Wildman–Crippen MR) is 53.6 cm³/mol. The van der Waals surface area contributed by atoms with E-state index < -0.39 is 0 Å². The van der Waals surface area contributed by atoms with Gasteiger partial charge < -0.3 is 15.0 Å². The molecule has 5 nitrogen and oxygen atoms in total. The zero-order chi connectivity index (χ0) is 10.4. The highest BCUT2D eigenvalue weighted by molar-refractivity contribution is 4.82. The largest absolute Gasteiger partial charge is 0.393 e. The number of hydrogen-bond acceptors (Lipinski definition) is 4. The van der Waals surface area contributed by atoms with Gasteiger partial charge in [-0.15, -0.1) is 10.2 Å². The van der Waals surface area contributed by atoms with Crippen LogP contribution in [0.15, 0.2) is 6.33 Å². The van der Waals surface area contributed by atoms with Crippen molar-refractivity contribution in [2.75, 3.05) is 6.54 Å². The Morgan fingerprint density at radius 3 is 3.00 bits per heavy atom. The highest BCUT2D eigenvalue weighted by atomic mass is 16.3. The summed E-state index contributed by atoms with van der Waals surface area (Å²) in [6.45, 7) is 3.49. The molecule has 1 unspecified atom stereocenters. The van der Waals surface area contributed by atoms with Crippen molar-refractivity contribution in [1.82, 2.24) is 20.1 Å². The summed E-state index contributed by atoms with van der Waals surface area (Å²) in [6.07, 6.45) is 3.08. The maximum atomic E-state index is 9.30. The first-order chi connectivity index (χ1) is 6.74. The van der Waals surface area contributed by atoms with E-state index in [1.807, 2.05) is 18.5 Å². The van der Waals surface area contributed by atoms with E-state index in [9.17, 15) is 5.11 Å². The number of nitrogens with zero attached hydrogens (tertiary/aromatic N) is 3. The minimum absolute atomic E-state index is 0.193. The molecular formula is C9H18N4O. The Balaban J connectivity index is 2.13. The lowest BCUT2D eigenvalue weighted by Gasteiger charge is -2.07. The van der Waals surface area contributed by atoms with Crippen LogP contribution in [0.5, 0.6) is 0 Å². The van der Waals surface area contributed by atoms with Crippen LogP contribution in [0.1, 0.15) is 25.6 Å². The van der Waals surface area contributed by atoms with Gasteiger partial charge in [0.05, 0.1) is 12.6 Å².